The van der Waals surface area contributed by atoms with Crippen molar-refractivity contribution in [3.63, 3.8) is 0 Å². The third kappa shape index (κ3) is 3.97. The molecule has 28 heavy (non-hydrogen) atoms. The Morgan fingerprint density at radius 1 is 1.29 bits per heavy atom. The first-order chi connectivity index (χ1) is 13.6. The number of thiazole rings is 1. The molecule has 146 valence electrons. The van der Waals surface area contributed by atoms with E-state index in [9.17, 15) is 14.9 Å². The van der Waals surface area contributed by atoms with Crippen LogP contribution in [0.5, 0.6) is 0 Å². The standard InChI is InChI=1S/C18H19N5O4S/c24-17(15-2-1-11-27-15)19-5-6-21-7-9-22(10-8-21)18-20-14-4-3-13(23(25)26)12-16(14)28-18/h1-4,11-12H,5-10H2,(H,19,24). The molecule has 0 unspecified atom stereocenters. The Bertz CT molecular complexity index is 979. The van der Waals surface area contributed by atoms with Gasteiger partial charge in [-0.15, -0.1) is 0 Å². The summed E-state index contributed by atoms with van der Waals surface area (Å²) in [6, 6.07) is 8.09. The van der Waals surface area contributed by atoms with Crippen molar-refractivity contribution in [3.8, 4) is 0 Å². The van der Waals surface area contributed by atoms with Crippen molar-refractivity contribution in [1.82, 2.24) is 15.2 Å². The van der Waals surface area contributed by atoms with E-state index in [1.54, 1.807) is 24.3 Å². The number of furan rings is 1. The Balaban J connectivity index is 1.28. The van der Waals surface area contributed by atoms with Gasteiger partial charge >= 0.3 is 0 Å². The third-order valence-electron chi connectivity index (χ3n) is 4.67. The molecule has 1 aromatic carbocycles. The molecule has 1 N–H and O–H groups in total. The maximum atomic E-state index is 11.9. The van der Waals surface area contributed by atoms with E-state index < -0.39 is 0 Å². The minimum Gasteiger partial charge on any atom is -0.459 e. The summed E-state index contributed by atoms with van der Waals surface area (Å²) >= 11 is 1.48. The molecular weight excluding hydrogens is 382 g/mol. The van der Waals surface area contributed by atoms with Gasteiger partial charge in [-0.25, -0.2) is 4.98 Å². The second kappa shape index (κ2) is 7.95. The molecule has 1 aliphatic heterocycles. The number of carbonyl (C=O) groups excluding carboxylic acids is 1. The molecule has 1 fully saturated rings. The van der Waals surface area contributed by atoms with E-state index in [2.05, 4.69) is 20.1 Å². The average molecular weight is 401 g/mol. The molecule has 0 radical (unpaired) electrons. The molecule has 1 amide bonds. The number of nitro groups is 1. The van der Waals surface area contributed by atoms with E-state index in [4.69, 9.17) is 4.42 Å². The predicted molar refractivity (Wildman–Crippen MR) is 106 cm³/mol. The smallest absolute Gasteiger partial charge is 0.287 e. The van der Waals surface area contributed by atoms with Crippen LogP contribution in [-0.4, -0.2) is 60.0 Å². The molecular formula is C18H19N5O4S. The fourth-order valence-corrected chi connectivity index (χ4v) is 4.19. The Labute approximate surface area is 164 Å². The Morgan fingerprint density at radius 2 is 2.11 bits per heavy atom. The minimum atomic E-state index is -0.387. The van der Waals surface area contributed by atoms with Crippen molar-refractivity contribution in [2.24, 2.45) is 0 Å². The van der Waals surface area contributed by atoms with Gasteiger partial charge in [0.25, 0.3) is 11.6 Å². The number of hydrogen-bond donors (Lipinski definition) is 1. The van der Waals surface area contributed by atoms with Crippen molar-refractivity contribution >= 4 is 38.3 Å². The molecule has 10 heteroatoms. The Hall–Kier alpha value is -2.98. The Kier molecular flexibility index (Phi) is 5.22. The zero-order chi connectivity index (χ0) is 19.5. The van der Waals surface area contributed by atoms with E-state index in [1.165, 1.54) is 23.7 Å². The number of aromatic nitrogens is 1. The molecule has 0 atom stereocenters. The second-order valence-corrected chi connectivity index (χ2v) is 7.48. The van der Waals surface area contributed by atoms with Crippen molar-refractivity contribution in [2.75, 3.05) is 44.2 Å². The highest BCUT2D eigenvalue weighted by molar-refractivity contribution is 7.22. The number of nitrogens with zero attached hydrogens (tertiary/aromatic N) is 4. The fraction of sp³-hybridized carbons (Fsp3) is 0.333. The summed E-state index contributed by atoms with van der Waals surface area (Å²) in [7, 11) is 0. The lowest BCUT2D eigenvalue weighted by Crippen LogP contribution is -2.48. The van der Waals surface area contributed by atoms with E-state index in [0.29, 0.717) is 12.3 Å². The van der Waals surface area contributed by atoms with E-state index in [-0.39, 0.29) is 16.5 Å². The molecule has 0 spiro atoms. The van der Waals surface area contributed by atoms with Crippen LogP contribution in [0, 0.1) is 10.1 Å². The summed E-state index contributed by atoms with van der Waals surface area (Å²) in [5.74, 6) is 0.119. The van der Waals surface area contributed by atoms with Crippen LogP contribution >= 0.6 is 11.3 Å². The third-order valence-corrected chi connectivity index (χ3v) is 5.75. The van der Waals surface area contributed by atoms with Gasteiger partial charge in [-0.2, -0.15) is 0 Å². The largest absolute Gasteiger partial charge is 0.459 e. The van der Waals surface area contributed by atoms with Crippen LogP contribution in [0.3, 0.4) is 0 Å². The quantitative estimate of drug-likeness (QED) is 0.499. The molecule has 0 aliphatic carbocycles. The van der Waals surface area contributed by atoms with Gasteiger partial charge in [-0.3, -0.25) is 19.8 Å². The number of hydrogen-bond acceptors (Lipinski definition) is 8. The number of rotatable bonds is 6. The SMILES string of the molecule is O=C(NCCN1CCN(c2nc3ccc([N+](=O)[O-])cc3s2)CC1)c1ccco1. The van der Waals surface area contributed by atoms with E-state index >= 15 is 0 Å². The zero-order valence-electron chi connectivity index (χ0n) is 15.0. The van der Waals surface area contributed by atoms with E-state index in [1.807, 2.05) is 0 Å². The second-order valence-electron chi connectivity index (χ2n) is 6.47. The first-order valence-corrected chi connectivity index (χ1v) is 9.76. The molecule has 1 aliphatic rings. The van der Waals surface area contributed by atoms with Gasteiger partial charge < -0.3 is 14.6 Å². The van der Waals surface area contributed by atoms with Crippen LogP contribution < -0.4 is 10.2 Å². The van der Waals surface area contributed by atoms with Gasteiger partial charge in [-0.1, -0.05) is 11.3 Å². The highest BCUT2D eigenvalue weighted by atomic mass is 32.1. The zero-order valence-corrected chi connectivity index (χ0v) is 15.9. The number of benzene rings is 1. The molecule has 9 nitrogen and oxygen atoms in total. The molecule has 3 aromatic rings. The number of anilines is 1. The monoisotopic (exact) mass is 401 g/mol. The Morgan fingerprint density at radius 3 is 2.82 bits per heavy atom. The summed E-state index contributed by atoms with van der Waals surface area (Å²) < 4.78 is 5.90. The van der Waals surface area contributed by atoms with Crippen LogP contribution in [-0.2, 0) is 0 Å². The van der Waals surface area contributed by atoms with Crippen molar-refractivity contribution in [3.05, 3.63) is 52.5 Å². The van der Waals surface area contributed by atoms with E-state index in [0.717, 1.165) is 48.1 Å². The normalized spacial score (nSPS) is 15.1. The number of fused-ring (bicyclic) bond motifs is 1. The lowest BCUT2D eigenvalue weighted by Gasteiger charge is -2.34. The molecule has 4 rings (SSSR count). The fourth-order valence-electron chi connectivity index (χ4n) is 3.14. The number of nitro benzene ring substituents is 1. The highest BCUT2D eigenvalue weighted by Crippen LogP contribution is 2.31. The molecule has 0 saturated carbocycles. The number of non-ortho nitro benzene ring substituents is 1. The van der Waals surface area contributed by atoms with Gasteiger partial charge in [0.1, 0.15) is 0 Å². The van der Waals surface area contributed by atoms with Crippen LogP contribution in [0.15, 0.2) is 41.0 Å². The molecule has 3 heterocycles. The van der Waals surface area contributed by atoms with Gasteiger partial charge in [0.15, 0.2) is 10.9 Å². The first kappa shape index (κ1) is 18.4. The maximum Gasteiger partial charge on any atom is 0.287 e. The highest BCUT2D eigenvalue weighted by Gasteiger charge is 2.20. The molecule has 1 saturated heterocycles. The summed E-state index contributed by atoms with van der Waals surface area (Å²) in [4.78, 5) is 31.5. The molecule has 2 aromatic heterocycles. The minimum absolute atomic E-state index is 0.0871. The summed E-state index contributed by atoms with van der Waals surface area (Å²) in [6.07, 6.45) is 1.48. The van der Waals surface area contributed by atoms with Crippen LogP contribution in [0.1, 0.15) is 10.6 Å². The maximum absolute atomic E-state index is 11.9. The van der Waals surface area contributed by atoms with Crippen molar-refractivity contribution < 1.29 is 14.1 Å². The summed E-state index contributed by atoms with van der Waals surface area (Å²) in [6.45, 7) is 4.72. The van der Waals surface area contributed by atoms with Crippen LogP contribution in [0.4, 0.5) is 10.8 Å². The van der Waals surface area contributed by atoms with Crippen molar-refractivity contribution in [2.45, 2.75) is 0 Å². The number of amides is 1. The van der Waals surface area contributed by atoms with Gasteiger partial charge in [-0.05, 0) is 18.2 Å². The topological polar surface area (TPSA) is 105 Å². The van der Waals surface area contributed by atoms with Gasteiger partial charge in [0, 0.05) is 51.4 Å². The number of nitrogens with one attached hydrogen (secondary N) is 1. The lowest BCUT2D eigenvalue weighted by molar-refractivity contribution is -0.384. The van der Waals surface area contributed by atoms with Crippen LogP contribution in [0.2, 0.25) is 0 Å². The number of piperazine rings is 1. The van der Waals surface area contributed by atoms with Crippen molar-refractivity contribution in [1.29, 1.82) is 0 Å². The summed E-state index contributed by atoms with van der Waals surface area (Å²) in [5.41, 5.74) is 0.873. The van der Waals surface area contributed by atoms with Crippen LogP contribution in [0.25, 0.3) is 10.2 Å². The van der Waals surface area contributed by atoms with Gasteiger partial charge in [0.05, 0.1) is 21.4 Å². The van der Waals surface area contributed by atoms with Gasteiger partial charge in [0.2, 0.25) is 0 Å². The number of carbonyl (C=O) groups is 1. The lowest BCUT2D eigenvalue weighted by atomic mass is 10.3. The predicted octanol–water partition coefficient (Wildman–Crippen LogP) is 2.35. The molecule has 0 bridgehead atoms. The average Bonchev–Trinajstić information content (AvgIpc) is 3.37. The summed E-state index contributed by atoms with van der Waals surface area (Å²) in [5, 5.41) is 14.7. The first-order valence-electron chi connectivity index (χ1n) is 8.94.